The summed E-state index contributed by atoms with van der Waals surface area (Å²) >= 11 is 0. The fraction of sp³-hybridized carbons (Fsp3) is 0.267. The smallest absolute Gasteiger partial charge is 0.254 e. The van der Waals surface area contributed by atoms with Crippen molar-refractivity contribution in [3.05, 3.63) is 108 Å². The number of rotatable bonds is 9. The third-order valence-corrected chi connectivity index (χ3v) is 6.49. The Balaban J connectivity index is 1.57. The Bertz CT molecular complexity index is 1320. The molecule has 0 unspecified atom stereocenters. The summed E-state index contributed by atoms with van der Waals surface area (Å²) in [5.74, 6) is 0.586. The summed E-state index contributed by atoms with van der Waals surface area (Å²) in [6.45, 7) is 3.53. The summed E-state index contributed by atoms with van der Waals surface area (Å²) < 4.78 is 27.6. The lowest BCUT2D eigenvalue weighted by molar-refractivity contribution is 0.0505. The molecule has 0 spiro atoms. The van der Waals surface area contributed by atoms with Crippen molar-refractivity contribution in [2.24, 2.45) is 0 Å². The van der Waals surface area contributed by atoms with E-state index in [0.717, 1.165) is 29.8 Å². The minimum atomic E-state index is -0.338. The van der Waals surface area contributed by atoms with Crippen molar-refractivity contribution in [3.63, 3.8) is 0 Å². The fourth-order valence-electron chi connectivity index (χ4n) is 4.59. The van der Waals surface area contributed by atoms with Crippen LogP contribution in [0.2, 0.25) is 0 Å². The van der Waals surface area contributed by atoms with E-state index in [1.54, 1.807) is 16.8 Å². The molecule has 0 N–H and O–H groups in total. The summed E-state index contributed by atoms with van der Waals surface area (Å²) in [6.07, 6.45) is 2.55. The number of benzene rings is 3. The second-order valence-electron chi connectivity index (χ2n) is 9.07. The average Bonchev–Trinajstić information content (AvgIpc) is 3.58. The van der Waals surface area contributed by atoms with Gasteiger partial charge in [0.05, 0.1) is 29.6 Å². The van der Waals surface area contributed by atoms with Crippen LogP contribution in [0.15, 0.2) is 84.9 Å². The first-order valence-electron chi connectivity index (χ1n) is 12.7. The van der Waals surface area contributed by atoms with Crippen molar-refractivity contribution in [2.45, 2.75) is 38.8 Å². The van der Waals surface area contributed by atoms with Crippen LogP contribution in [0.3, 0.4) is 0 Å². The first-order chi connectivity index (χ1) is 18.1. The molecule has 1 atom stereocenters. The van der Waals surface area contributed by atoms with E-state index in [1.165, 1.54) is 12.1 Å². The summed E-state index contributed by atoms with van der Waals surface area (Å²) in [5.41, 5.74) is 3.10. The maximum Gasteiger partial charge on any atom is 0.254 e. The van der Waals surface area contributed by atoms with E-state index >= 15 is 0 Å². The normalized spacial score (nSPS) is 15.0. The van der Waals surface area contributed by atoms with Crippen molar-refractivity contribution in [1.82, 2.24) is 14.7 Å². The lowest BCUT2D eigenvalue weighted by atomic mass is 10.1. The molecule has 4 aromatic rings. The first kappa shape index (κ1) is 24.7. The van der Waals surface area contributed by atoms with Crippen molar-refractivity contribution >= 4 is 5.91 Å². The summed E-state index contributed by atoms with van der Waals surface area (Å²) in [4.78, 5) is 15.5. The van der Waals surface area contributed by atoms with Gasteiger partial charge in [0.1, 0.15) is 11.6 Å². The first-order valence-corrected chi connectivity index (χ1v) is 12.7. The molecule has 0 aliphatic carbocycles. The number of amides is 1. The minimum absolute atomic E-state index is 0.0108. The molecule has 190 valence electrons. The standard InChI is InChI=1S/C30H30FN3O3/c1-2-28-27(21-33(20-26-14-9-19-36-26)29(35)22-10-5-3-6-11-22)30(37-25-17-15-23(31)16-18-25)34(32-28)24-12-7-4-8-13-24/h3-8,10-13,15-18,26H,2,9,14,19-21H2,1H3/t26-/m0/s1. The number of carbonyl (C=O) groups is 1. The van der Waals surface area contributed by atoms with Gasteiger partial charge >= 0.3 is 0 Å². The largest absolute Gasteiger partial charge is 0.439 e. The van der Waals surface area contributed by atoms with Crippen LogP contribution in [0.5, 0.6) is 11.6 Å². The van der Waals surface area contributed by atoms with E-state index in [-0.39, 0.29) is 17.8 Å². The lowest BCUT2D eigenvalue weighted by Gasteiger charge is -2.26. The van der Waals surface area contributed by atoms with Gasteiger partial charge in [0, 0.05) is 18.7 Å². The van der Waals surface area contributed by atoms with Gasteiger partial charge in [0.25, 0.3) is 5.91 Å². The summed E-state index contributed by atoms with van der Waals surface area (Å²) in [5, 5.41) is 4.88. The Kier molecular flexibility index (Phi) is 7.61. The number of hydrogen-bond donors (Lipinski definition) is 0. The van der Waals surface area contributed by atoms with E-state index in [2.05, 4.69) is 0 Å². The van der Waals surface area contributed by atoms with E-state index in [4.69, 9.17) is 14.6 Å². The number of nitrogens with zero attached hydrogens (tertiary/aromatic N) is 3. The highest BCUT2D eigenvalue weighted by atomic mass is 19.1. The maximum absolute atomic E-state index is 13.7. The quantitative estimate of drug-likeness (QED) is 0.276. The highest BCUT2D eigenvalue weighted by molar-refractivity contribution is 5.94. The summed E-state index contributed by atoms with van der Waals surface area (Å²) in [6, 6.07) is 24.9. The molecule has 1 aliphatic heterocycles. The van der Waals surface area contributed by atoms with Gasteiger partial charge in [-0.25, -0.2) is 9.07 Å². The molecular formula is C30H30FN3O3. The minimum Gasteiger partial charge on any atom is -0.439 e. The van der Waals surface area contributed by atoms with Gasteiger partial charge in [0.15, 0.2) is 0 Å². The van der Waals surface area contributed by atoms with Crippen LogP contribution in [-0.4, -0.2) is 39.8 Å². The molecule has 2 heterocycles. The molecule has 7 heteroatoms. The van der Waals surface area contributed by atoms with Crippen LogP contribution in [-0.2, 0) is 17.7 Å². The molecule has 1 aromatic heterocycles. The zero-order valence-corrected chi connectivity index (χ0v) is 20.8. The fourth-order valence-corrected chi connectivity index (χ4v) is 4.59. The molecule has 5 rings (SSSR count). The molecule has 0 saturated carbocycles. The van der Waals surface area contributed by atoms with Crippen molar-refractivity contribution in [1.29, 1.82) is 0 Å². The third-order valence-electron chi connectivity index (χ3n) is 6.49. The topological polar surface area (TPSA) is 56.6 Å². The second-order valence-corrected chi connectivity index (χ2v) is 9.07. The SMILES string of the molecule is CCc1nn(-c2ccccc2)c(Oc2ccc(F)cc2)c1CN(C[C@@H]1CCCO1)C(=O)c1ccccc1. The average molecular weight is 500 g/mol. The van der Waals surface area contributed by atoms with Crippen molar-refractivity contribution in [3.8, 4) is 17.3 Å². The van der Waals surface area contributed by atoms with Gasteiger partial charge in [-0.05, 0) is 67.8 Å². The predicted octanol–water partition coefficient (Wildman–Crippen LogP) is 6.19. The van der Waals surface area contributed by atoms with E-state index in [1.807, 2.05) is 72.5 Å². The van der Waals surface area contributed by atoms with E-state index < -0.39 is 0 Å². The molecule has 1 aliphatic rings. The van der Waals surface area contributed by atoms with Crippen molar-refractivity contribution < 1.29 is 18.7 Å². The van der Waals surface area contributed by atoms with Gasteiger partial charge in [-0.2, -0.15) is 5.10 Å². The van der Waals surface area contributed by atoms with Gasteiger partial charge in [-0.3, -0.25) is 4.79 Å². The third kappa shape index (κ3) is 5.73. The van der Waals surface area contributed by atoms with Crippen LogP contribution >= 0.6 is 0 Å². The van der Waals surface area contributed by atoms with Crippen LogP contribution in [0.1, 0.15) is 41.4 Å². The molecule has 1 amide bonds. The zero-order chi connectivity index (χ0) is 25.6. The highest BCUT2D eigenvalue weighted by Gasteiger charge is 2.28. The number of halogens is 1. The Hall–Kier alpha value is -3.97. The number of carbonyl (C=O) groups excluding carboxylic acids is 1. The number of ether oxygens (including phenoxy) is 2. The zero-order valence-electron chi connectivity index (χ0n) is 20.8. The maximum atomic E-state index is 13.7. The van der Waals surface area contributed by atoms with Crippen molar-refractivity contribution in [2.75, 3.05) is 13.2 Å². The predicted molar refractivity (Wildman–Crippen MR) is 140 cm³/mol. The monoisotopic (exact) mass is 499 g/mol. The molecule has 0 bridgehead atoms. The molecule has 1 fully saturated rings. The Labute approximate surface area is 216 Å². The van der Waals surface area contributed by atoms with Crippen LogP contribution in [0.25, 0.3) is 5.69 Å². The van der Waals surface area contributed by atoms with Crippen LogP contribution < -0.4 is 4.74 Å². The number of aromatic nitrogens is 2. The number of para-hydroxylation sites is 1. The number of hydrogen-bond acceptors (Lipinski definition) is 4. The van der Waals surface area contributed by atoms with E-state index in [0.29, 0.717) is 43.3 Å². The number of aryl methyl sites for hydroxylation is 1. The highest BCUT2D eigenvalue weighted by Crippen LogP contribution is 2.33. The molecule has 1 saturated heterocycles. The second kappa shape index (κ2) is 11.4. The Morgan fingerprint density at radius 1 is 1.05 bits per heavy atom. The lowest BCUT2D eigenvalue weighted by Crippen LogP contribution is -2.37. The molecular weight excluding hydrogens is 469 g/mol. The van der Waals surface area contributed by atoms with Gasteiger partial charge < -0.3 is 14.4 Å². The Morgan fingerprint density at radius 3 is 2.41 bits per heavy atom. The molecule has 37 heavy (non-hydrogen) atoms. The van der Waals surface area contributed by atoms with E-state index in [9.17, 15) is 9.18 Å². The van der Waals surface area contributed by atoms with Crippen LogP contribution in [0.4, 0.5) is 4.39 Å². The van der Waals surface area contributed by atoms with Gasteiger partial charge in [0.2, 0.25) is 5.88 Å². The summed E-state index contributed by atoms with van der Waals surface area (Å²) in [7, 11) is 0. The van der Waals surface area contributed by atoms with Crippen LogP contribution in [0, 0.1) is 5.82 Å². The van der Waals surface area contributed by atoms with Gasteiger partial charge in [-0.1, -0.05) is 43.3 Å². The molecule has 6 nitrogen and oxygen atoms in total. The molecule has 3 aromatic carbocycles. The molecule has 0 radical (unpaired) electrons. The Morgan fingerprint density at radius 2 is 1.76 bits per heavy atom. The van der Waals surface area contributed by atoms with Gasteiger partial charge in [-0.15, -0.1) is 0 Å².